The number of amides is 1. The summed E-state index contributed by atoms with van der Waals surface area (Å²) in [6, 6.07) is 17.4. The number of benzene rings is 2. The number of hydrogen-bond acceptors (Lipinski definition) is 5. The first-order valence-corrected chi connectivity index (χ1v) is 13.6. The van der Waals surface area contributed by atoms with Gasteiger partial charge in [0, 0.05) is 43.3 Å². The van der Waals surface area contributed by atoms with Crippen LogP contribution in [0.2, 0.25) is 5.02 Å². The Kier molecular flexibility index (Phi) is 7.79. The van der Waals surface area contributed by atoms with E-state index < -0.39 is 5.97 Å². The molecule has 3 aromatic rings. The van der Waals surface area contributed by atoms with Crippen molar-refractivity contribution >= 4 is 29.2 Å². The molecule has 194 valence electrons. The van der Waals surface area contributed by atoms with E-state index in [-0.39, 0.29) is 18.2 Å². The van der Waals surface area contributed by atoms with Crippen LogP contribution >= 0.6 is 11.6 Å². The van der Waals surface area contributed by atoms with E-state index in [0.29, 0.717) is 16.6 Å². The van der Waals surface area contributed by atoms with Gasteiger partial charge < -0.3 is 14.5 Å². The van der Waals surface area contributed by atoms with Gasteiger partial charge in [-0.1, -0.05) is 55.1 Å². The lowest BCUT2D eigenvalue weighted by atomic mass is 9.88. The van der Waals surface area contributed by atoms with Crippen LogP contribution in [0.3, 0.4) is 0 Å². The Balaban J connectivity index is 1.33. The van der Waals surface area contributed by atoms with E-state index in [9.17, 15) is 9.59 Å². The number of ether oxygens (including phenoxy) is 1. The van der Waals surface area contributed by atoms with Crippen LogP contribution in [0, 0.1) is 5.92 Å². The highest BCUT2D eigenvalue weighted by Gasteiger charge is 2.28. The molecule has 1 aliphatic heterocycles. The van der Waals surface area contributed by atoms with Crippen molar-refractivity contribution in [2.75, 3.05) is 37.7 Å². The highest BCUT2D eigenvalue weighted by Crippen LogP contribution is 2.30. The molecule has 0 atom stereocenters. The quantitative estimate of drug-likeness (QED) is 0.396. The standard InChI is InChI=1S/C29H33ClN4O3/c1-2-37-29(36)25-20-27(34(31-25)26-11-7-6-10-24(26)30)21-12-14-23(15-13-21)32-16-18-33(19-17-32)28(35)22-8-4-3-5-9-22/h6-7,10-15,20,22H,2-5,8-9,16-19H2,1H3. The maximum atomic E-state index is 12.9. The number of hydrogen-bond donors (Lipinski definition) is 0. The van der Waals surface area contributed by atoms with Crippen LogP contribution < -0.4 is 4.90 Å². The number of carbonyl (C=O) groups is 2. The third-order valence-corrected chi connectivity index (χ3v) is 7.67. The van der Waals surface area contributed by atoms with Gasteiger partial charge in [0.15, 0.2) is 5.69 Å². The Morgan fingerprint density at radius 1 is 0.973 bits per heavy atom. The number of aromatic nitrogens is 2. The average molecular weight is 521 g/mol. The number of rotatable bonds is 6. The fourth-order valence-corrected chi connectivity index (χ4v) is 5.55. The first-order chi connectivity index (χ1) is 18.0. The molecule has 7 nitrogen and oxygen atoms in total. The largest absolute Gasteiger partial charge is 0.461 e. The van der Waals surface area contributed by atoms with E-state index in [1.54, 1.807) is 23.7 Å². The summed E-state index contributed by atoms with van der Waals surface area (Å²) in [5.41, 5.74) is 3.71. The molecule has 2 heterocycles. The van der Waals surface area contributed by atoms with Gasteiger partial charge in [0.2, 0.25) is 5.91 Å². The average Bonchev–Trinajstić information content (AvgIpc) is 3.39. The number of esters is 1. The maximum absolute atomic E-state index is 12.9. The minimum atomic E-state index is -0.466. The summed E-state index contributed by atoms with van der Waals surface area (Å²) in [5, 5.41) is 5.06. The van der Waals surface area contributed by atoms with Gasteiger partial charge in [-0.15, -0.1) is 0 Å². The molecule has 2 aliphatic rings. The third-order valence-electron chi connectivity index (χ3n) is 7.35. The number of carbonyl (C=O) groups excluding carboxylic acids is 2. The Labute approximate surface area is 223 Å². The lowest BCUT2D eigenvalue weighted by molar-refractivity contribution is -0.136. The second-order valence-corrected chi connectivity index (χ2v) is 10.1. The summed E-state index contributed by atoms with van der Waals surface area (Å²) in [7, 11) is 0. The molecule has 1 saturated heterocycles. The van der Waals surface area contributed by atoms with Crippen molar-refractivity contribution in [1.82, 2.24) is 14.7 Å². The Morgan fingerprint density at radius 3 is 2.35 bits per heavy atom. The molecule has 1 amide bonds. The molecular weight excluding hydrogens is 488 g/mol. The monoisotopic (exact) mass is 520 g/mol. The Bertz CT molecular complexity index is 1240. The molecule has 2 aromatic carbocycles. The van der Waals surface area contributed by atoms with Crippen LogP contribution in [0.4, 0.5) is 5.69 Å². The number of anilines is 1. The fraction of sp³-hybridized carbons (Fsp3) is 0.414. The lowest BCUT2D eigenvalue weighted by Crippen LogP contribution is -2.50. The van der Waals surface area contributed by atoms with E-state index in [2.05, 4.69) is 27.0 Å². The second-order valence-electron chi connectivity index (χ2n) is 9.69. The topological polar surface area (TPSA) is 67.7 Å². The molecule has 0 spiro atoms. The normalized spacial score (nSPS) is 16.6. The summed E-state index contributed by atoms with van der Waals surface area (Å²) in [6.07, 6.45) is 5.71. The van der Waals surface area contributed by atoms with Crippen molar-refractivity contribution in [1.29, 1.82) is 0 Å². The smallest absolute Gasteiger partial charge is 0.358 e. The van der Waals surface area contributed by atoms with Gasteiger partial charge in [0.25, 0.3) is 0 Å². The van der Waals surface area contributed by atoms with Crippen LogP contribution in [-0.4, -0.2) is 59.3 Å². The number of nitrogens with zero attached hydrogens (tertiary/aromatic N) is 4. The second kappa shape index (κ2) is 11.4. The summed E-state index contributed by atoms with van der Waals surface area (Å²) >= 11 is 6.47. The van der Waals surface area contributed by atoms with Crippen molar-refractivity contribution in [3.05, 3.63) is 65.3 Å². The molecule has 0 bridgehead atoms. The van der Waals surface area contributed by atoms with Crippen LogP contribution in [0.5, 0.6) is 0 Å². The van der Waals surface area contributed by atoms with Gasteiger partial charge in [-0.3, -0.25) is 4.79 Å². The van der Waals surface area contributed by atoms with Crippen LogP contribution in [0.25, 0.3) is 16.9 Å². The van der Waals surface area contributed by atoms with Crippen LogP contribution in [0.1, 0.15) is 49.5 Å². The zero-order valence-electron chi connectivity index (χ0n) is 21.2. The molecule has 1 saturated carbocycles. The number of halogens is 1. The molecule has 2 fully saturated rings. The molecule has 0 unspecified atom stereocenters. The van der Waals surface area contributed by atoms with Gasteiger partial charge >= 0.3 is 5.97 Å². The van der Waals surface area contributed by atoms with Gasteiger partial charge in [0.05, 0.1) is 23.0 Å². The molecule has 1 aromatic heterocycles. The Morgan fingerprint density at radius 2 is 1.68 bits per heavy atom. The van der Waals surface area contributed by atoms with E-state index in [1.807, 2.05) is 30.3 Å². The van der Waals surface area contributed by atoms with Crippen LogP contribution in [0.15, 0.2) is 54.6 Å². The maximum Gasteiger partial charge on any atom is 0.358 e. The van der Waals surface area contributed by atoms with Crippen molar-refractivity contribution in [2.45, 2.75) is 39.0 Å². The first kappa shape index (κ1) is 25.3. The minimum Gasteiger partial charge on any atom is -0.461 e. The van der Waals surface area contributed by atoms with E-state index in [1.165, 1.54) is 19.3 Å². The molecule has 5 rings (SSSR count). The lowest BCUT2D eigenvalue weighted by Gasteiger charge is -2.38. The van der Waals surface area contributed by atoms with Crippen molar-refractivity contribution in [3.8, 4) is 16.9 Å². The zero-order valence-corrected chi connectivity index (χ0v) is 22.0. The van der Waals surface area contributed by atoms with Gasteiger partial charge in [-0.05, 0) is 50.1 Å². The van der Waals surface area contributed by atoms with E-state index in [0.717, 1.165) is 56.0 Å². The summed E-state index contributed by atoms with van der Waals surface area (Å²) in [5.74, 6) is 0.105. The summed E-state index contributed by atoms with van der Waals surface area (Å²) in [6.45, 7) is 5.22. The molecular formula is C29H33ClN4O3. The first-order valence-electron chi connectivity index (χ1n) is 13.2. The van der Waals surface area contributed by atoms with Gasteiger partial charge in [-0.25, -0.2) is 9.48 Å². The minimum absolute atomic E-state index is 0.224. The summed E-state index contributed by atoms with van der Waals surface area (Å²) in [4.78, 5) is 29.7. The third kappa shape index (κ3) is 5.52. The van der Waals surface area contributed by atoms with E-state index >= 15 is 0 Å². The predicted molar refractivity (Wildman–Crippen MR) is 145 cm³/mol. The SMILES string of the molecule is CCOC(=O)c1cc(-c2ccc(N3CCN(C(=O)C4CCCCC4)CC3)cc2)n(-c2ccccc2Cl)n1. The van der Waals surface area contributed by atoms with Crippen molar-refractivity contribution in [3.63, 3.8) is 0 Å². The highest BCUT2D eigenvalue weighted by molar-refractivity contribution is 6.32. The molecule has 0 radical (unpaired) electrons. The number of piperazine rings is 1. The fourth-order valence-electron chi connectivity index (χ4n) is 5.33. The molecule has 8 heteroatoms. The van der Waals surface area contributed by atoms with E-state index in [4.69, 9.17) is 16.3 Å². The predicted octanol–water partition coefficient (Wildman–Crippen LogP) is 5.60. The number of para-hydroxylation sites is 1. The van der Waals surface area contributed by atoms with Crippen molar-refractivity contribution < 1.29 is 14.3 Å². The summed E-state index contributed by atoms with van der Waals surface area (Å²) < 4.78 is 6.87. The van der Waals surface area contributed by atoms with Gasteiger partial charge in [0.1, 0.15) is 0 Å². The van der Waals surface area contributed by atoms with Crippen molar-refractivity contribution in [2.24, 2.45) is 5.92 Å². The molecule has 1 aliphatic carbocycles. The van der Waals surface area contributed by atoms with Crippen LogP contribution in [-0.2, 0) is 9.53 Å². The molecule has 37 heavy (non-hydrogen) atoms. The highest BCUT2D eigenvalue weighted by atomic mass is 35.5. The molecule has 0 N–H and O–H groups in total. The van der Waals surface area contributed by atoms with Gasteiger partial charge in [-0.2, -0.15) is 5.10 Å². The Hall–Kier alpha value is -3.32. The zero-order chi connectivity index (χ0) is 25.8.